The van der Waals surface area contributed by atoms with Crippen LogP contribution in [0.1, 0.15) is 37.0 Å². The van der Waals surface area contributed by atoms with E-state index in [0.29, 0.717) is 5.69 Å². The molecule has 0 aliphatic heterocycles. The first kappa shape index (κ1) is 16.5. The van der Waals surface area contributed by atoms with Crippen LogP contribution in [-0.2, 0) is 10.0 Å². The average Bonchev–Trinajstić information content (AvgIpc) is 2.39. The van der Waals surface area contributed by atoms with Gasteiger partial charge in [0.25, 0.3) is 0 Å². The first-order valence-electron chi connectivity index (χ1n) is 6.39. The maximum Gasteiger partial charge on any atom is 0.335 e. The lowest BCUT2D eigenvalue weighted by atomic mass is 10.1. The Kier molecular flexibility index (Phi) is 5.52. The summed E-state index contributed by atoms with van der Waals surface area (Å²) < 4.78 is 26.2. The van der Waals surface area contributed by atoms with Gasteiger partial charge in [-0.15, -0.1) is 0 Å². The minimum absolute atomic E-state index is 0.0529. The Morgan fingerprint density at radius 3 is 2.55 bits per heavy atom. The summed E-state index contributed by atoms with van der Waals surface area (Å²) in [5, 5.41) is 12.1. The zero-order valence-corrected chi connectivity index (χ0v) is 12.6. The maximum atomic E-state index is 12.0. The van der Waals surface area contributed by atoms with Crippen molar-refractivity contribution in [2.24, 2.45) is 0 Å². The lowest BCUT2D eigenvalue weighted by Crippen LogP contribution is -2.23. The summed E-state index contributed by atoms with van der Waals surface area (Å²) in [5.41, 5.74) is 0.345. The van der Waals surface area contributed by atoms with Crippen molar-refractivity contribution in [3.63, 3.8) is 0 Å². The monoisotopic (exact) mass is 300 g/mol. The van der Waals surface area contributed by atoms with Gasteiger partial charge in [0.2, 0.25) is 10.0 Å². The van der Waals surface area contributed by atoms with Crippen molar-refractivity contribution in [3.8, 4) is 0 Å². The van der Waals surface area contributed by atoms with Crippen molar-refractivity contribution < 1.29 is 18.3 Å². The molecule has 0 saturated heterocycles. The molecule has 1 rings (SSSR count). The summed E-state index contributed by atoms with van der Waals surface area (Å²) in [6.07, 6.45) is 1.86. The molecule has 0 fully saturated rings. The van der Waals surface area contributed by atoms with Crippen LogP contribution in [0.25, 0.3) is 0 Å². The van der Waals surface area contributed by atoms with Gasteiger partial charge in [-0.2, -0.15) is 0 Å². The number of carboxylic acids is 1. The van der Waals surface area contributed by atoms with Gasteiger partial charge in [-0.3, -0.25) is 0 Å². The quantitative estimate of drug-likeness (QED) is 0.714. The number of benzene rings is 1. The van der Waals surface area contributed by atoms with Gasteiger partial charge in [-0.05, 0) is 38.6 Å². The van der Waals surface area contributed by atoms with Crippen LogP contribution in [0.5, 0.6) is 0 Å². The van der Waals surface area contributed by atoms with Crippen molar-refractivity contribution in [1.29, 1.82) is 0 Å². The molecule has 6 nitrogen and oxygen atoms in total. The Morgan fingerprint density at radius 2 is 2.05 bits per heavy atom. The average molecular weight is 300 g/mol. The van der Waals surface area contributed by atoms with Crippen LogP contribution >= 0.6 is 0 Å². The summed E-state index contributed by atoms with van der Waals surface area (Å²) in [5.74, 6) is -1.16. The molecular formula is C13H20N2O4S. The van der Waals surface area contributed by atoms with Crippen LogP contribution in [0, 0.1) is 0 Å². The molecule has 0 aromatic heterocycles. The van der Waals surface area contributed by atoms with Gasteiger partial charge in [0.1, 0.15) is 4.90 Å². The number of anilines is 1. The molecule has 112 valence electrons. The van der Waals surface area contributed by atoms with Crippen molar-refractivity contribution in [2.75, 3.05) is 12.4 Å². The Hall–Kier alpha value is -1.60. The van der Waals surface area contributed by atoms with E-state index in [4.69, 9.17) is 5.11 Å². The highest BCUT2D eigenvalue weighted by Crippen LogP contribution is 2.24. The SMILES string of the molecule is CCC[C@@H](C)Nc1ccc(C(=O)O)cc1S(=O)(=O)NC. The molecule has 0 unspecified atom stereocenters. The molecule has 20 heavy (non-hydrogen) atoms. The van der Waals surface area contributed by atoms with Crippen LogP contribution in [0.15, 0.2) is 23.1 Å². The number of carbonyl (C=O) groups is 1. The van der Waals surface area contributed by atoms with E-state index in [1.54, 1.807) is 0 Å². The lowest BCUT2D eigenvalue weighted by molar-refractivity contribution is 0.0696. The van der Waals surface area contributed by atoms with Gasteiger partial charge < -0.3 is 10.4 Å². The Bertz CT molecular complexity index is 584. The molecular weight excluding hydrogens is 280 g/mol. The number of sulfonamides is 1. The number of rotatable bonds is 7. The molecule has 0 bridgehead atoms. The third kappa shape index (κ3) is 3.94. The molecule has 3 N–H and O–H groups in total. The smallest absolute Gasteiger partial charge is 0.335 e. The van der Waals surface area contributed by atoms with E-state index >= 15 is 0 Å². The number of carboxylic acid groups (broad SMARTS) is 1. The van der Waals surface area contributed by atoms with E-state index in [1.165, 1.54) is 19.2 Å². The number of hydrogen-bond donors (Lipinski definition) is 3. The van der Waals surface area contributed by atoms with Crippen LogP contribution in [-0.4, -0.2) is 32.6 Å². The Balaban J connectivity index is 3.26. The van der Waals surface area contributed by atoms with Gasteiger partial charge in [0, 0.05) is 6.04 Å². The first-order chi connectivity index (χ1) is 9.31. The van der Waals surface area contributed by atoms with Crippen LogP contribution < -0.4 is 10.0 Å². The van der Waals surface area contributed by atoms with Crippen molar-refractivity contribution in [3.05, 3.63) is 23.8 Å². The van der Waals surface area contributed by atoms with Gasteiger partial charge >= 0.3 is 5.97 Å². The van der Waals surface area contributed by atoms with Crippen molar-refractivity contribution in [1.82, 2.24) is 4.72 Å². The molecule has 7 heteroatoms. The second kappa shape index (κ2) is 6.71. The molecule has 0 amide bonds. The van der Waals surface area contributed by atoms with Crippen molar-refractivity contribution >= 4 is 21.7 Å². The van der Waals surface area contributed by atoms with E-state index in [0.717, 1.165) is 18.9 Å². The largest absolute Gasteiger partial charge is 0.478 e. The lowest BCUT2D eigenvalue weighted by Gasteiger charge is -2.17. The minimum Gasteiger partial charge on any atom is -0.478 e. The highest BCUT2D eigenvalue weighted by Gasteiger charge is 2.20. The van der Waals surface area contributed by atoms with E-state index < -0.39 is 16.0 Å². The number of hydrogen-bond acceptors (Lipinski definition) is 4. The Morgan fingerprint density at radius 1 is 1.40 bits per heavy atom. The van der Waals surface area contributed by atoms with Crippen molar-refractivity contribution in [2.45, 2.75) is 37.6 Å². The molecule has 1 aromatic rings. The topological polar surface area (TPSA) is 95.5 Å². The normalized spacial score (nSPS) is 12.9. The van der Waals surface area contributed by atoms with E-state index in [1.807, 2.05) is 13.8 Å². The molecule has 0 saturated carbocycles. The van der Waals surface area contributed by atoms with E-state index in [2.05, 4.69) is 10.0 Å². The minimum atomic E-state index is -3.72. The Labute approximate surface area is 119 Å². The maximum absolute atomic E-state index is 12.0. The second-order valence-electron chi connectivity index (χ2n) is 4.56. The molecule has 0 heterocycles. The number of nitrogens with one attached hydrogen (secondary N) is 2. The van der Waals surface area contributed by atoms with Crippen LogP contribution in [0.3, 0.4) is 0 Å². The zero-order valence-electron chi connectivity index (χ0n) is 11.8. The highest BCUT2D eigenvalue weighted by molar-refractivity contribution is 7.89. The summed E-state index contributed by atoms with van der Waals surface area (Å²) in [4.78, 5) is 10.9. The molecule has 0 spiro atoms. The molecule has 1 aromatic carbocycles. The molecule has 0 aliphatic rings. The highest BCUT2D eigenvalue weighted by atomic mass is 32.2. The number of aromatic carboxylic acids is 1. The third-order valence-electron chi connectivity index (χ3n) is 2.91. The van der Waals surface area contributed by atoms with Gasteiger partial charge in [0.15, 0.2) is 0 Å². The fourth-order valence-corrected chi connectivity index (χ4v) is 2.80. The fraction of sp³-hybridized carbons (Fsp3) is 0.462. The van der Waals surface area contributed by atoms with Gasteiger partial charge in [-0.1, -0.05) is 13.3 Å². The third-order valence-corrected chi connectivity index (χ3v) is 4.36. The van der Waals surface area contributed by atoms with Crippen LogP contribution in [0.2, 0.25) is 0 Å². The van der Waals surface area contributed by atoms with E-state index in [9.17, 15) is 13.2 Å². The van der Waals surface area contributed by atoms with Gasteiger partial charge in [-0.25, -0.2) is 17.9 Å². The molecule has 1 atom stereocenters. The summed E-state index contributed by atoms with van der Waals surface area (Å²) in [6, 6.07) is 4.13. The van der Waals surface area contributed by atoms with Crippen LogP contribution in [0.4, 0.5) is 5.69 Å². The molecule has 0 aliphatic carbocycles. The molecule has 0 radical (unpaired) electrons. The predicted molar refractivity (Wildman–Crippen MR) is 77.6 cm³/mol. The standard InChI is InChI=1S/C13H20N2O4S/c1-4-5-9(2)15-11-7-6-10(13(16)17)8-12(11)20(18,19)14-3/h6-9,14-15H,4-5H2,1-3H3,(H,16,17)/t9-/m1/s1. The summed E-state index contributed by atoms with van der Waals surface area (Å²) in [6.45, 7) is 3.99. The van der Waals surface area contributed by atoms with Gasteiger partial charge in [0.05, 0.1) is 11.3 Å². The summed E-state index contributed by atoms with van der Waals surface area (Å²) in [7, 11) is -2.43. The summed E-state index contributed by atoms with van der Waals surface area (Å²) >= 11 is 0. The zero-order chi connectivity index (χ0) is 15.3. The van der Waals surface area contributed by atoms with E-state index in [-0.39, 0.29) is 16.5 Å². The fourth-order valence-electron chi connectivity index (χ4n) is 1.88. The predicted octanol–water partition coefficient (Wildman–Crippen LogP) is 1.89. The second-order valence-corrected chi connectivity index (χ2v) is 6.41. The first-order valence-corrected chi connectivity index (χ1v) is 7.87.